The van der Waals surface area contributed by atoms with Gasteiger partial charge in [0, 0.05) is 18.5 Å². The van der Waals surface area contributed by atoms with Crippen LogP contribution in [0.25, 0.3) is 0 Å². The van der Waals surface area contributed by atoms with Crippen LogP contribution in [0, 0.1) is 0 Å². The minimum atomic E-state index is 0.241. The number of aliphatic hydroxyl groups excluding tert-OH is 1. The van der Waals surface area contributed by atoms with E-state index in [1.54, 1.807) is 0 Å². The van der Waals surface area contributed by atoms with Crippen molar-refractivity contribution < 1.29 is 5.11 Å². The van der Waals surface area contributed by atoms with Crippen LogP contribution in [0.15, 0.2) is 24.3 Å². The van der Waals surface area contributed by atoms with Crippen LogP contribution in [-0.4, -0.2) is 24.3 Å². The first-order valence-corrected chi connectivity index (χ1v) is 5.77. The highest BCUT2D eigenvalue weighted by atomic mass is 16.3. The van der Waals surface area contributed by atoms with E-state index in [1.807, 2.05) is 0 Å². The lowest BCUT2D eigenvalue weighted by atomic mass is 9.77. The lowest BCUT2D eigenvalue weighted by Crippen LogP contribution is -2.37. The summed E-state index contributed by atoms with van der Waals surface area (Å²) in [5, 5.41) is 12.5. The van der Waals surface area contributed by atoms with Gasteiger partial charge in [-0.3, -0.25) is 0 Å². The number of aliphatic hydroxyl groups is 1. The van der Waals surface area contributed by atoms with Crippen LogP contribution in [0.5, 0.6) is 0 Å². The van der Waals surface area contributed by atoms with E-state index in [1.165, 1.54) is 17.5 Å². The molecular weight excluding hydrogens is 186 g/mol. The van der Waals surface area contributed by atoms with E-state index < -0.39 is 0 Å². The van der Waals surface area contributed by atoms with E-state index in [4.69, 9.17) is 5.11 Å². The van der Waals surface area contributed by atoms with Crippen molar-refractivity contribution in [3.05, 3.63) is 35.4 Å². The van der Waals surface area contributed by atoms with E-state index in [0.717, 1.165) is 13.0 Å². The number of fused-ring (bicyclic) bond motifs is 1. The van der Waals surface area contributed by atoms with Crippen molar-refractivity contribution in [2.24, 2.45) is 0 Å². The van der Waals surface area contributed by atoms with Crippen molar-refractivity contribution in [1.82, 2.24) is 5.32 Å². The van der Waals surface area contributed by atoms with Crippen molar-refractivity contribution >= 4 is 0 Å². The first-order chi connectivity index (χ1) is 7.35. The zero-order valence-corrected chi connectivity index (χ0v) is 9.24. The monoisotopic (exact) mass is 205 g/mol. The minimum Gasteiger partial charge on any atom is -0.395 e. The summed E-state index contributed by atoms with van der Waals surface area (Å²) >= 11 is 0. The fourth-order valence-corrected chi connectivity index (χ4v) is 2.19. The number of hydrogen-bond acceptors (Lipinski definition) is 2. The maximum absolute atomic E-state index is 9.06. The normalized spacial score (nSPS) is 20.5. The first-order valence-electron chi connectivity index (χ1n) is 5.77. The maximum Gasteiger partial charge on any atom is 0.0584 e. The van der Waals surface area contributed by atoms with E-state index in [2.05, 4.69) is 36.5 Å². The molecule has 0 aliphatic heterocycles. The topological polar surface area (TPSA) is 32.3 Å². The van der Waals surface area contributed by atoms with E-state index in [9.17, 15) is 0 Å². The van der Waals surface area contributed by atoms with Crippen molar-refractivity contribution in [3.8, 4) is 0 Å². The standard InChI is InChI=1S/C13H19NO/c1-2-12(9-15)14-8-11-7-10-5-3-4-6-13(10)11/h3-6,11-12,14-15H,2,7-9H2,1H3. The van der Waals surface area contributed by atoms with Gasteiger partial charge in [0.15, 0.2) is 0 Å². The quantitative estimate of drug-likeness (QED) is 0.766. The molecule has 2 N–H and O–H groups in total. The van der Waals surface area contributed by atoms with Gasteiger partial charge in [-0.2, -0.15) is 0 Å². The molecule has 15 heavy (non-hydrogen) atoms. The van der Waals surface area contributed by atoms with Gasteiger partial charge in [-0.25, -0.2) is 0 Å². The Morgan fingerprint density at radius 3 is 2.93 bits per heavy atom. The predicted molar refractivity (Wildman–Crippen MR) is 62.1 cm³/mol. The molecule has 2 rings (SSSR count). The molecule has 1 aromatic rings. The van der Waals surface area contributed by atoms with Crippen LogP contribution in [0.2, 0.25) is 0 Å². The van der Waals surface area contributed by atoms with Crippen LogP contribution in [0.3, 0.4) is 0 Å². The summed E-state index contributed by atoms with van der Waals surface area (Å²) in [6, 6.07) is 8.89. The third-order valence-corrected chi connectivity index (χ3v) is 3.33. The molecule has 2 nitrogen and oxygen atoms in total. The molecule has 0 spiro atoms. The van der Waals surface area contributed by atoms with Crippen molar-refractivity contribution in [2.45, 2.75) is 31.7 Å². The summed E-state index contributed by atoms with van der Waals surface area (Å²) in [7, 11) is 0. The second-order valence-corrected chi connectivity index (χ2v) is 4.30. The largest absolute Gasteiger partial charge is 0.395 e. The SMILES string of the molecule is CCC(CO)NCC1Cc2ccccc21. The molecule has 1 aliphatic rings. The average Bonchev–Trinajstić information content (AvgIpc) is 2.25. The van der Waals surface area contributed by atoms with E-state index in [-0.39, 0.29) is 12.6 Å². The van der Waals surface area contributed by atoms with Crippen molar-refractivity contribution in [1.29, 1.82) is 0 Å². The number of rotatable bonds is 5. The van der Waals surface area contributed by atoms with Crippen LogP contribution >= 0.6 is 0 Å². The van der Waals surface area contributed by atoms with Crippen molar-refractivity contribution in [3.63, 3.8) is 0 Å². The maximum atomic E-state index is 9.06. The molecule has 0 amide bonds. The number of benzene rings is 1. The van der Waals surface area contributed by atoms with Crippen LogP contribution in [0.1, 0.15) is 30.4 Å². The molecule has 0 bridgehead atoms. The molecule has 0 aromatic heterocycles. The molecule has 0 saturated carbocycles. The van der Waals surface area contributed by atoms with Gasteiger partial charge in [0.2, 0.25) is 0 Å². The van der Waals surface area contributed by atoms with E-state index >= 15 is 0 Å². The Labute approximate surface area is 91.3 Å². The third kappa shape index (κ3) is 2.21. The Morgan fingerprint density at radius 1 is 1.47 bits per heavy atom. The Balaban J connectivity index is 1.84. The summed E-state index contributed by atoms with van der Waals surface area (Å²) in [5.74, 6) is 0.654. The lowest BCUT2D eigenvalue weighted by Gasteiger charge is -2.31. The molecule has 2 heteroatoms. The average molecular weight is 205 g/mol. The molecular formula is C13H19NO. The number of nitrogens with one attached hydrogen (secondary N) is 1. The summed E-state index contributed by atoms with van der Waals surface area (Å²) in [6.45, 7) is 3.34. The fourth-order valence-electron chi connectivity index (χ4n) is 2.19. The molecule has 1 aromatic carbocycles. The molecule has 0 fully saturated rings. The van der Waals surface area contributed by atoms with Gasteiger partial charge >= 0.3 is 0 Å². The molecule has 0 radical (unpaired) electrons. The zero-order valence-electron chi connectivity index (χ0n) is 9.24. The summed E-state index contributed by atoms with van der Waals surface area (Å²) in [4.78, 5) is 0. The van der Waals surface area contributed by atoms with Gasteiger partial charge in [0.05, 0.1) is 6.61 Å². The Hall–Kier alpha value is -0.860. The molecule has 0 saturated heterocycles. The highest BCUT2D eigenvalue weighted by Gasteiger charge is 2.25. The third-order valence-electron chi connectivity index (χ3n) is 3.33. The van der Waals surface area contributed by atoms with E-state index in [0.29, 0.717) is 5.92 Å². The van der Waals surface area contributed by atoms with Gasteiger partial charge in [0.1, 0.15) is 0 Å². The summed E-state index contributed by atoms with van der Waals surface area (Å²) < 4.78 is 0. The summed E-state index contributed by atoms with van der Waals surface area (Å²) in [5.41, 5.74) is 2.97. The molecule has 1 aliphatic carbocycles. The second kappa shape index (κ2) is 4.77. The van der Waals surface area contributed by atoms with Crippen molar-refractivity contribution in [2.75, 3.05) is 13.2 Å². The zero-order chi connectivity index (χ0) is 10.7. The smallest absolute Gasteiger partial charge is 0.0584 e. The Morgan fingerprint density at radius 2 is 2.27 bits per heavy atom. The van der Waals surface area contributed by atoms with Crippen LogP contribution in [0.4, 0.5) is 0 Å². The highest BCUT2D eigenvalue weighted by molar-refractivity contribution is 5.40. The number of hydrogen-bond donors (Lipinski definition) is 2. The summed E-state index contributed by atoms with van der Waals surface area (Å²) in [6.07, 6.45) is 2.18. The van der Waals surface area contributed by atoms with Gasteiger partial charge in [-0.15, -0.1) is 0 Å². The molecule has 0 heterocycles. The van der Waals surface area contributed by atoms with Gasteiger partial charge < -0.3 is 10.4 Å². The van der Waals surface area contributed by atoms with Gasteiger partial charge in [0.25, 0.3) is 0 Å². The van der Waals surface area contributed by atoms with Crippen LogP contribution in [-0.2, 0) is 6.42 Å². The molecule has 82 valence electrons. The minimum absolute atomic E-state index is 0.241. The first kappa shape index (κ1) is 10.7. The van der Waals surface area contributed by atoms with Crippen LogP contribution < -0.4 is 5.32 Å². The lowest BCUT2D eigenvalue weighted by molar-refractivity contribution is 0.236. The predicted octanol–water partition coefficient (Wildman–Crippen LogP) is 1.69. The van der Waals surface area contributed by atoms with Gasteiger partial charge in [-0.1, -0.05) is 31.2 Å². The molecule has 2 unspecified atom stereocenters. The Kier molecular flexibility index (Phi) is 3.39. The van der Waals surface area contributed by atoms with Gasteiger partial charge in [-0.05, 0) is 24.0 Å². The highest BCUT2D eigenvalue weighted by Crippen LogP contribution is 2.34. The Bertz CT molecular complexity index is 320. The fraction of sp³-hybridized carbons (Fsp3) is 0.538. The second-order valence-electron chi connectivity index (χ2n) is 4.30. The molecule has 2 atom stereocenters.